The summed E-state index contributed by atoms with van der Waals surface area (Å²) in [5.41, 5.74) is -0.163. The number of ketones is 1. The molecule has 1 aliphatic heterocycles. The predicted molar refractivity (Wildman–Crippen MR) is 108 cm³/mol. The molecule has 0 spiro atoms. The van der Waals surface area contributed by atoms with Gasteiger partial charge < -0.3 is 9.47 Å². The van der Waals surface area contributed by atoms with Crippen LogP contribution in [-0.2, 0) is 14.3 Å². The molecule has 0 N–H and O–H groups in total. The number of ether oxygens (including phenoxy) is 2. The molecule has 1 aliphatic rings. The topological polar surface area (TPSA) is 72.9 Å². The SMILES string of the molecule is CC(C)(C)OC(=O)N1CCC[C@H]1C(=O)OCC(=O)c1ccc(Br)c(I)c1. The Morgan fingerprint density at radius 1 is 1.31 bits per heavy atom. The third-order valence-electron chi connectivity index (χ3n) is 3.74. The van der Waals surface area contributed by atoms with E-state index in [0.29, 0.717) is 24.9 Å². The first-order valence-corrected chi connectivity index (χ1v) is 10.1. The molecule has 2 rings (SSSR count). The van der Waals surface area contributed by atoms with Gasteiger partial charge >= 0.3 is 12.1 Å². The molecule has 0 bridgehead atoms. The summed E-state index contributed by atoms with van der Waals surface area (Å²) < 4.78 is 12.3. The minimum atomic E-state index is -0.706. The molecule has 0 radical (unpaired) electrons. The van der Waals surface area contributed by atoms with Crippen LogP contribution in [0.1, 0.15) is 44.0 Å². The summed E-state index contributed by atoms with van der Waals surface area (Å²) in [6.45, 7) is 5.40. The molecule has 1 saturated heterocycles. The molecule has 1 atom stereocenters. The second kappa shape index (κ2) is 8.69. The Bertz CT molecular complexity index is 716. The lowest BCUT2D eigenvalue weighted by atomic mass is 10.1. The third kappa shape index (κ3) is 5.67. The average molecular weight is 538 g/mol. The number of amides is 1. The highest BCUT2D eigenvalue weighted by Crippen LogP contribution is 2.23. The molecule has 1 heterocycles. The smallest absolute Gasteiger partial charge is 0.411 e. The van der Waals surface area contributed by atoms with Gasteiger partial charge in [-0.25, -0.2) is 9.59 Å². The van der Waals surface area contributed by atoms with Gasteiger partial charge in [-0.15, -0.1) is 0 Å². The van der Waals surface area contributed by atoms with Crippen molar-refractivity contribution in [2.45, 2.75) is 45.3 Å². The number of benzene rings is 1. The van der Waals surface area contributed by atoms with Crippen LogP contribution in [-0.4, -0.2) is 47.5 Å². The summed E-state index contributed by atoms with van der Waals surface area (Å²) in [7, 11) is 0. The first kappa shape index (κ1) is 21.1. The highest BCUT2D eigenvalue weighted by Gasteiger charge is 2.37. The fourth-order valence-corrected chi connectivity index (χ4v) is 3.30. The van der Waals surface area contributed by atoms with Crippen molar-refractivity contribution in [3.05, 3.63) is 31.8 Å². The van der Waals surface area contributed by atoms with E-state index in [9.17, 15) is 14.4 Å². The summed E-state index contributed by atoms with van der Waals surface area (Å²) >= 11 is 5.48. The second-order valence-corrected chi connectivity index (χ2v) is 9.01. The Morgan fingerprint density at radius 3 is 2.62 bits per heavy atom. The Hall–Kier alpha value is -1.16. The van der Waals surface area contributed by atoms with Gasteiger partial charge in [0.05, 0.1) is 0 Å². The van der Waals surface area contributed by atoms with Crippen molar-refractivity contribution in [2.24, 2.45) is 0 Å². The summed E-state index contributed by atoms with van der Waals surface area (Å²) in [5, 5.41) is 0. The molecule has 0 aliphatic carbocycles. The van der Waals surface area contributed by atoms with Crippen molar-refractivity contribution >= 4 is 56.4 Å². The van der Waals surface area contributed by atoms with Crippen molar-refractivity contribution in [3.8, 4) is 0 Å². The van der Waals surface area contributed by atoms with E-state index in [1.807, 2.05) is 0 Å². The minimum Gasteiger partial charge on any atom is -0.456 e. The summed E-state index contributed by atoms with van der Waals surface area (Å²) in [5.74, 6) is -0.862. The zero-order chi connectivity index (χ0) is 19.5. The van der Waals surface area contributed by atoms with Gasteiger partial charge in [-0.3, -0.25) is 9.69 Å². The van der Waals surface area contributed by atoms with E-state index in [-0.39, 0.29) is 12.4 Å². The van der Waals surface area contributed by atoms with Crippen molar-refractivity contribution in [2.75, 3.05) is 13.2 Å². The van der Waals surface area contributed by atoms with Crippen LogP contribution >= 0.6 is 38.5 Å². The van der Waals surface area contributed by atoms with Gasteiger partial charge in [0.15, 0.2) is 12.4 Å². The predicted octanol–water partition coefficient (Wildman–Crippen LogP) is 4.18. The number of Topliss-reactive ketones (excluding diaryl/α,β-unsaturated/α-hetero) is 1. The second-order valence-electron chi connectivity index (χ2n) is 6.99. The number of carbonyl (C=O) groups is 3. The van der Waals surface area contributed by atoms with Crippen LogP contribution in [0.2, 0.25) is 0 Å². The van der Waals surface area contributed by atoms with Gasteiger partial charge in [0.2, 0.25) is 0 Å². The monoisotopic (exact) mass is 537 g/mol. The van der Waals surface area contributed by atoms with Crippen LogP contribution in [0.4, 0.5) is 4.79 Å². The molecule has 1 amide bonds. The average Bonchev–Trinajstić information content (AvgIpc) is 3.03. The van der Waals surface area contributed by atoms with E-state index in [4.69, 9.17) is 9.47 Å². The van der Waals surface area contributed by atoms with Gasteiger partial charge in [-0.05, 0) is 84.3 Å². The maximum Gasteiger partial charge on any atom is 0.411 e. The molecule has 0 saturated carbocycles. The number of likely N-dealkylation sites (tertiary alicyclic amines) is 1. The molecule has 0 unspecified atom stereocenters. The minimum absolute atomic E-state index is 0.286. The molecule has 1 aromatic rings. The highest BCUT2D eigenvalue weighted by atomic mass is 127. The number of esters is 1. The molecule has 26 heavy (non-hydrogen) atoms. The quantitative estimate of drug-likeness (QED) is 0.327. The fourth-order valence-electron chi connectivity index (χ4n) is 2.54. The van der Waals surface area contributed by atoms with Gasteiger partial charge in [0, 0.05) is 20.2 Å². The largest absolute Gasteiger partial charge is 0.456 e. The van der Waals surface area contributed by atoms with Crippen molar-refractivity contribution in [1.29, 1.82) is 0 Å². The first-order valence-electron chi connectivity index (χ1n) is 8.23. The molecular formula is C18H21BrINO5. The number of hydrogen-bond donors (Lipinski definition) is 0. The van der Waals surface area contributed by atoms with Crippen LogP contribution in [0.15, 0.2) is 22.7 Å². The molecule has 8 heteroatoms. The van der Waals surface area contributed by atoms with Crippen LogP contribution in [0.5, 0.6) is 0 Å². The van der Waals surface area contributed by atoms with Gasteiger partial charge in [0.1, 0.15) is 11.6 Å². The lowest BCUT2D eigenvalue weighted by Crippen LogP contribution is -2.44. The molecule has 142 valence electrons. The maximum absolute atomic E-state index is 12.3. The van der Waals surface area contributed by atoms with Crippen molar-refractivity contribution < 1.29 is 23.9 Å². The Balaban J connectivity index is 1.94. The zero-order valence-corrected chi connectivity index (χ0v) is 18.6. The lowest BCUT2D eigenvalue weighted by molar-refractivity contribution is -0.147. The van der Waals surface area contributed by atoms with Crippen LogP contribution < -0.4 is 0 Å². The first-order chi connectivity index (χ1) is 12.1. The van der Waals surface area contributed by atoms with Gasteiger partial charge in [0.25, 0.3) is 0 Å². The van der Waals surface area contributed by atoms with Crippen LogP contribution in [0.25, 0.3) is 0 Å². The third-order valence-corrected chi connectivity index (χ3v) is 6.07. The number of halogens is 2. The van der Waals surface area contributed by atoms with Gasteiger partial charge in [-0.1, -0.05) is 6.07 Å². The lowest BCUT2D eigenvalue weighted by Gasteiger charge is -2.27. The number of rotatable bonds is 4. The van der Waals surface area contributed by atoms with E-state index in [1.165, 1.54) is 4.90 Å². The van der Waals surface area contributed by atoms with E-state index >= 15 is 0 Å². The summed E-state index contributed by atoms with van der Waals surface area (Å²) in [6.07, 6.45) is 0.658. The normalized spacial score (nSPS) is 17.1. The number of hydrogen-bond acceptors (Lipinski definition) is 5. The van der Waals surface area contributed by atoms with Crippen molar-refractivity contribution in [1.82, 2.24) is 4.90 Å². The van der Waals surface area contributed by atoms with Gasteiger partial charge in [-0.2, -0.15) is 0 Å². The van der Waals surface area contributed by atoms with Crippen LogP contribution in [0, 0.1) is 3.57 Å². The summed E-state index contributed by atoms with van der Waals surface area (Å²) in [4.78, 5) is 38.2. The maximum atomic E-state index is 12.3. The van der Waals surface area contributed by atoms with E-state index in [2.05, 4.69) is 38.5 Å². The molecule has 1 fully saturated rings. The highest BCUT2D eigenvalue weighted by molar-refractivity contribution is 14.1. The van der Waals surface area contributed by atoms with Crippen LogP contribution in [0.3, 0.4) is 0 Å². The van der Waals surface area contributed by atoms with E-state index < -0.39 is 23.7 Å². The zero-order valence-electron chi connectivity index (χ0n) is 14.9. The molecule has 1 aromatic carbocycles. The Morgan fingerprint density at radius 2 is 2.00 bits per heavy atom. The van der Waals surface area contributed by atoms with Crippen molar-refractivity contribution in [3.63, 3.8) is 0 Å². The Kier molecular flexibility index (Phi) is 7.06. The Labute approximate surface area is 174 Å². The molecule has 0 aromatic heterocycles. The number of carbonyl (C=O) groups excluding carboxylic acids is 3. The van der Waals surface area contributed by atoms with E-state index in [1.54, 1.807) is 39.0 Å². The summed E-state index contributed by atoms with van der Waals surface area (Å²) in [6, 6.07) is 4.47. The molecular weight excluding hydrogens is 517 g/mol. The van der Waals surface area contributed by atoms with E-state index in [0.717, 1.165) is 8.04 Å². The molecule has 6 nitrogen and oxygen atoms in total. The standard InChI is InChI=1S/C18H21BrINO5/c1-18(2,3)26-17(24)21-8-4-5-14(21)16(23)25-10-15(22)11-6-7-12(19)13(20)9-11/h6-7,9,14H,4-5,8,10H2,1-3H3/t14-/m0/s1. The number of nitrogens with zero attached hydrogens (tertiary/aromatic N) is 1. The fraction of sp³-hybridized carbons (Fsp3) is 0.500.